The Hall–Kier alpha value is -3.65. The van der Waals surface area contributed by atoms with Crippen molar-refractivity contribution >= 4 is 28.5 Å². The number of hydrogen-bond acceptors (Lipinski definition) is 5. The first kappa shape index (κ1) is 24.5. The predicted octanol–water partition coefficient (Wildman–Crippen LogP) is 3.45. The van der Waals surface area contributed by atoms with Crippen LogP contribution in [0, 0.1) is 6.92 Å². The molecule has 3 amide bonds. The summed E-state index contributed by atoms with van der Waals surface area (Å²) in [5.74, 6) is 0.895. The zero-order chi connectivity index (χ0) is 24.8. The van der Waals surface area contributed by atoms with Gasteiger partial charge in [0.1, 0.15) is 5.75 Å². The number of hydrogen-bond donors (Lipinski definition) is 2. The first-order valence-electron chi connectivity index (χ1n) is 11.9. The van der Waals surface area contributed by atoms with Gasteiger partial charge < -0.3 is 20.3 Å². The van der Waals surface area contributed by atoms with E-state index in [1.807, 2.05) is 73.5 Å². The lowest BCUT2D eigenvalue weighted by molar-refractivity contribution is -0.131. The lowest BCUT2D eigenvalue weighted by Gasteiger charge is -2.25. The van der Waals surface area contributed by atoms with Gasteiger partial charge in [-0.15, -0.1) is 0 Å². The number of carbonyl (C=O) groups excluding carboxylic acids is 2. The lowest BCUT2D eigenvalue weighted by atomic mass is 10.1. The number of amides is 3. The molecule has 0 radical (unpaired) electrons. The molecule has 8 heteroatoms. The second-order valence-corrected chi connectivity index (χ2v) is 8.98. The summed E-state index contributed by atoms with van der Waals surface area (Å²) in [6.07, 6.45) is 1.31. The van der Waals surface area contributed by atoms with Gasteiger partial charge in [-0.05, 0) is 43.2 Å². The zero-order valence-electron chi connectivity index (χ0n) is 20.6. The highest BCUT2D eigenvalue weighted by atomic mass is 16.5. The molecule has 2 N–H and O–H groups in total. The number of para-hydroxylation sites is 1. The van der Waals surface area contributed by atoms with E-state index in [9.17, 15) is 9.59 Å². The van der Waals surface area contributed by atoms with Crippen LogP contribution in [0.1, 0.15) is 17.7 Å². The molecule has 3 aromatic rings. The maximum absolute atomic E-state index is 12.8. The van der Waals surface area contributed by atoms with Gasteiger partial charge in [0.05, 0.1) is 24.7 Å². The Bertz CT molecular complexity index is 1180. The number of nitrogens with zero attached hydrogens (tertiary/aromatic N) is 3. The lowest BCUT2D eigenvalue weighted by Crippen LogP contribution is -2.41. The fourth-order valence-corrected chi connectivity index (χ4v) is 4.48. The van der Waals surface area contributed by atoms with E-state index in [1.54, 1.807) is 7.11 Å². The SMILES string of the molecule is COc1ccc(CC(=O)N(C)C2CCN(CCNC(=O)Nc3cc(C)nc4ccccc34)C2)cc1. The number of fused-ring (bicyclic) bond motifs is 1. The van der Waals surface area contributed by atoms with Crippen molar-refractivity contribution < 1.29 is 14.3 Å². The van der Waals surface area contributed by atoms with Crippen LogP contribution in [-0.2, 0) is 11.2 Å². The van der Waals surface area contributed by atoms with Crippen LogP contribution in [0.3, 0.4) is 0 Å². The zero-order valence-corrected chi connectivity index (χ0v) is 20.6. The van der Waals surface area contributed by atoms with Crippen molar-refractivity contribution in [3.8, 4) is 5.75 Å². The van der Waals surface area contributed by atoms with Crippen LogP contribution in [0.4, 0.5) is 10.5 Å². The number of rotatable bonds is 8. The van der Waals surface area contributed by atoms with Gasteiger partial charge in [-0.25, -0.2) is 4.79 Å². The highest BCUT2D eigenvalue weighted by Crippen LogP contribution is 2.23. The van der Waals surface area contributed by atoms with Crippen LogP contribution in [0.2, 0.25) is 0 Å². The van der Waals surface area contributed by atoms with Crippen LogP contribution < -0.4 is 15.4 Å². The molecule has 1 aliphatic heterocycles. The maximum Gasteiger partial charge on any atom is 0.319 e. The number of likely N-dealkylation sites (tertiary alicyclic amines) is 1. The number of pyridine rings is 1. The third kappa shape index (κ3) is 6.27. The summed E-state index contributed by atoms with van der Waals surface area (Å²) in [7, 11) is 3.51. The van der Waals surface area contributed by atoms with Crippen LogP contribution in [-0.4, -0.2) is 73.1 Å². The molecule has 0 bridgehead atoms. The molecule has 4 rings (SSSR count). The van der Waals surface area contributed by atoms with Gasteiger partial charge in [0, 0.05) is 50.3 Å². The molecule has 1 aliphatic rings. The van der Waals surface area contributed by atoms with E-state index in [-0.39, 0.29) is 18.0 Å². The van der Waals surface area contributed by atoms with Crippen LogP contribution in [0.25, 0.3) is 10.9 Å². The Balaban J connectivity index is 1.21. The van der Waals surface area contributed by atoms with Crippen molar-refractivity contribution in [3.63, 3.8) is 0 Å². The van der Waals surface area contributed by atoms with E-state index >= 15 is 0 Å². The predicted molar refractivity (Wildman–Crippen MR) is 138 cm³/mol. The Morgan fingerprint density at radius 1 is 1.17 bits per heavy atom. The van der Waals surface area contributed by atoms with E-state index in [4.69, 9.17) is 4.74 Å². The second-order valence-electron chi connectivity index (χ2n) is 8.98. The summed E-state index contributed by atoms with van der Waals surface area (Å²) in [5.41, 5.74) is 3.44. The molecule has 1 fully saturated rings. The molecule has 1 aromatic heterocycles. The maximum atomic E-state index is 12.8. The number of likely N-dealkylation sites (N-methyl/N-ethyl adjacent to an activating group) is 1. The molecule has 1 unspecified atom stereocenters. The molecule has 1 saturated heterocycles. The van der Waals surface area contributed by atoms with Gasteiger partial charge in [0.2, 0.25) is 5.91 Å². The van der Waals surface area contributed by atoms with Crippen molar-refractivity contribution in [3.05, 3.63) is 65.9 Å². The molecule has 0 saturated carbocycles. The van der Waals surface area contributed by atoms with Crippen LogP contribution in [0.5, 0.6) is 5.75 Å². The molecule has 1 atom stereocenters. The number of ether oxygens (including phenoxy) is 1. The summed E-state index contributed by atoms with van der Waals surface area (Å²) >= 11 is 0. The first-order chi connectivity index (χ1) is 16.9. The summed E-state index contributed by atoms with van der Waals surface area (Å²) < 4.78 is 5.18. The Labute approximate surface area is 206 Å². The monoisotopic (exact) mass is 475 g/mol. The summed E-state index contributed by atoms with van der Waals surface area (Å²) in [4.78, 5) is 33.9. The molecule has 184 valence electrons. The van der Waals surface area contributed by atoms with E-state index in [1.165, 1.54) is 0 Å². The third-order valence-corrected chi connectivity index (χ3v) is 6.51. The van der Waals surface area contributed by atoms with E-state index in [0.717, 1.165) is 59.7 Å². The van der Waals surface area contributed by atoms with E-state index in [2.05, 4.69) is 20.5 Å². The van der Waals surface area contributed by atoms with Crippen LogP contribution in [0.15, 0.2) is 54.6 Å². The standard InChI is InChI=1S/C27H33N5O3/c1-19-16-25(23-6-4-5-7-24(23)29-19)30-27(34)28-13-15-32-14-12-21(18-32)31(2)26(33)17-20-8-10-22(35-3)11-9-20/h4-11,16,21H,12-15,17-18H2,1-3H3,(H2,28,29,30,34). The van der Waals surface area contributed by atoms with Crippen LogP contribution >= 0.6 is 0 Å². The number of anilines is 1. The number of urea groups is 1. The normalized spacial score (nSPS) is 15.7. The van der Waals surface area contributed by atoms with Gasteiger partial charge in [-0.2, -0.15) is 0 Å². The summed E-state index contributed by atoms with van der Waals surface area (Å²) in [6.45, 7) is 4.90. The minimum absolute atomic E-state index is 0.111. The van der Waals surface area contributed by atoms with Crippen molar-refractivity contribution in [1.29, 1.82) is 0 Å². The number of aromatic nitrogens is 1. The quantitative estimate of drug-likeness (QED) is 0.521. The highest BCUT2D eigenvalue weighted by Gasteiger charge is 2.28. The number of benzene rings is 2. The minimum atomic E-state index is -0.233. The molecular weight excluding hydrogens is 442 g/mol. The van der Waals surface area contributed by atoms with E-state index < -0.39 is 0 Å². The smallest absolute Gasteiger partial charge is 0.319 e. The highest BCUT2D eigenvalue weighted by molar-refractivity contribution is 6.00. The average Bonchev–Trinajstić information content (AvgIpc) is 3.32. The molecule has 2 heterocycles. The topological polar surface area (TPSA) is 86.8 Å². The molecular formula is C27H33N5O3. The van der Waals surface area contributed by atoms with Gasteiger partial charge in [-0.3, -0.25) is 14.7 Å². The Morgan fingerprint density at radius 3 is 2.71 bits per heavy atom. The molecule has 2 aromatic carbocycles. The van der Waals surface area contributed by atoms with Crippen molar-refractivity contribution in [2.45, 2.75) is 25.8 Å². The summed E-state index contributed by atoms with van der Waals surface area (Å²) in [6, 6.07) is 17.2. The number of methoxy groups -OCH3 is 1. The van der Waals surface area contributed by atoms with Crippen molar-refractivity contribution in [2.24, 2.45) is 0 Å². The molecule has 0 spiro atoms. The molecule has 0 aliphatic carbocycles. The van der Waals surface area contributed by atoms with Crippen molar-refractivity contribution in [1.82, 2.24) is 20.1 Å². The third-order valence-electron chi connectivity index (χ3n) is 6.51. The Morgan fingerprint density at radius 2 is 1.94 bits per heavy atom. The van der Waals surface area contributed by atoms with Gasteiger partial charge in [-0.1, -0.05) is 30.3 Å². The van der Waals surface area contributed by atoms with Gasteiger partial charge in [0.15, 0.2) is 0 Å². The number of aryl methyl sites for hydroxylation is 1. The summed E-state index contributed by atoms with van der Waals surface area (Å²) in [5, 5.41) is 6.82. The average molecular weight is 476 g/mol. The van der Waals surface area contributed by atoms with Gasteiger partial charge in [0.25, 0.3) is 0 Å². The Kier molecular flexibility index (Phi) is 7.82. The van der Waals surface area contributed by atoms with E-state index in [0.29, 0.717) is 13.0 Å². The minimum Gasteiger partial charge on any atom is -0.497 e. The second kappa shape index (κ2) is 11.2. The van der Waals surface area contributed by atoms with Crippen molar-refractivity contribution in [2.75, 3.05) is 45.7 Å². The number of nitrogens with one attached hydrogen (secondary N) is 2. The molecule has 35 heavy (non-hydrogen) atoms. The fraction of sp³-hybridized carbons (Fsp3) is 0.370. The molecule has 8 nitrogen and oxygen atoms in total. The number of carbonyl (C=O) groups is 2. The fourth-order valence-electron chi connectivity index (χ4n) is 4.48. The van der Waals surface area contributed by atoms with Gasteiger partial charge >= 0.3 is 6.03 Å². The first-order valence-corrected chi connectivity index (χ1v) is 11.9. The largest absolute Gasteiger partial charge is 0.497 e.